The molecule has 3 unspecified atom stereocenters. The third-order valence-corrected chi connectivity index (χ3v) is 5.48. The number of halogens is 1. The van der Waals surface area contributed by atoms with Gasteiger partial charge in [-0.15, -0.1) is 0 Å². The highest BCUT2D eigenvalue weighted by Crippen LogP contribution is 2.61. The van der Waals surface area contributed by atoms with Crippen LogP contribution in [0.2, 0.25) is 5.02 Å². The zero-order valence-corrected chi connectivity index (χ0v) is 12.4. The highest BCUT2D eigenvalue weighted by atomic mass is 35.5. The van der Waals surface area contributed by atoms with Crippen LogP contribution in [0.15, 0.2) is 29.8 Å². The van der Waals surface area contributed by atoms with E-state index >= 15 is 0 Å². The van der Waals surface area contributed by atoms with Crippen molar-refractivity contribution in [3.8, 4) is 0 Å². The Labute approximate surface area is 119 Å². The molecule has 2 heteroatoms. The lowest BCUT2D eigenvalue weighted by atomic mass is 9.44. The number of rotatable bonds is 1. The number of fused-ring (bicyclic) bond motifs is 2. The summed E-state index contributed by atoms with van der Waals surface area (Å²) in [5.41, 5.74) is 2.26. The van der Waals surface area contributed by atoms with Crippen molar-refractivity contribution in [1.82, 2.24) is 0 Å². The van der Waals surface area contributed by atoms with E-state index in [2.05, 4.69) is 26.8 Å². The molecule has 0 N–H and O–H groups in total. The maximum absolute atomic E-state index is 12.6. The van der Waals surface area contributed by atoms with Gasteiger partial charge in [0.05, 0.1) is 0 Å². The molecule has 0 radical (unpaired) electrons. The monoisotopic (exact) mass is 274 g/mol. The quantitative estimate of drug-likeness (QED) is 0.684. The van der Waals surface area contributed by atoms with E-state index in [9.17, 15) is 4.79 Å². The number of carbonyl (C=O) groups excluding carboxylic acids is 1. The van der Waals surface area contributed by atoms with Crippen LogP contribution in [-0.2, 0) is 4.79 Å². The smallest absolute Gasteiger partial charge is 0.162 e. The van der Waals surface area contributed by atoms with Gasteiger partial charge in [0.2, 0.25) is 0 Å². The molecule has 0 amide bonds. The molecule has 1 nitrogen and oxygen atoms in total. The lowest BCUT2D eigenvalue weighted by Gasteiger charge is -2.59. The average Bonchev–Trinajstić information content (AvgIpc) is 2.35. The Bertz CT molecular complexity index is 553. The summed E-state index contributed by atoms with van der Waals surface area (Å²) in [5.74, 6) is 1.60. The second-order valence-corrected chi connectivity index (χ2v) is 6.96. The maximum atomic E-state index is 12.6. The van der Waals surface area contributed by atoms with E-state index in [0.717, 1.165) is 22.6 Å². The van der Waals surface area contributed by atoms with Gasteiger partial charge in [0, 0.05) is 10.9 Å². The second kappa shape index (κ2) is 4.21. The third kappa shape index (κ3) is 1.87. The van der Waals surface area contributed by atoms with Gasteiger partial charge in [-0.25, -0.2) is 0 Å². The number of Topliss-reactive ketones (excluding diaryl/α,β-unsaturated/α-hetero) is 1. The lowest BCUT2D eigenvalue weighted by molar-refractivity contribution is -0.146. The van der Waals surface area contributed by atoms with Crippen LogP contribution in [-0.4, -0.2) is 5.78 Å². The largest absolute Gasteiger partial charge is 0.294 e. The summed E-state index contributed by atoms with van der Waals surface area (Å²) in [6, 6.07) is 7.69. The zero-order chi connectivity index (χ0) is 13.8. The average molecular weight is 275 g/mol. The summed E-state index contributed by atoms with van der Waals surface area (Å²) < 4.78 is 0. The number of hydrogen-bond donors (Lipinski definition) is 0. The molecule has 3 fully saturated rings. The first-order valence-electron chi connectivity index (χ1n) is 6.92. The second-order valence-electron chi connectivity index (χ2n) is 6.52. The van der Waals surface area contributed by atoms with Crippen molar-refractivity contribution in [1.29, 1.82) is 0 Å². The van der Waals surface area contributed by atoms with Gasteiger partial charge in [-0.3, -0.25) is 4.79 Å². The Kier molecular flexibility index (Phi) is 2.86. The minimum atomic E-state index is 0.188. The van der Waals surface area contributed by atoms with E-state index in [1.54, 1.807) is 0 Å². The minimum absolute atomic E-state index is 0.188. The van der Waals surface area contributed by atoms with Crippen molar-refractivity contribution in [3.63, 3.8) is 0 Å². The van der Waals surface area contributed by atoms with Crippen LogP contribution in [0, 0.1) is 23.2 Å². The molecule has 1 aromatic carbocycles. The first-order chi connectivity index (χ1) is 8.91. The normalized spacial score (nSPS) is 34.2. The standard InChI is InChI=1S/C17H19ClO/c1-10-13(8-11-4-6-12(18)7-5-11)16(19)15-9-14(10)17(15,2)3/h4-8,10,14-15H,9H2,1-3H3/b13-8+. The van der Waals surface area contributed by atoms with E-state index < -0.39 is 0 Å². The Morgan fingerprint density at radius 3 is 2.42 bits per heavy atom. The molecule has 4 rings (SSSR count). The van der Waals surface area contributed by atoms with Gasteiger partial charge in [-0.05, 0) is 53.0 Å². The fraction of sp³-hybridized carbons (Fsp3) is 0.471. The molecule has 1 aromatic rings. The van der Waals surface area contributed by atoms with Gasteiger partial charge >= 0.3 is 0 Å². The topological polar surface area (TPSA) is 17.1 Å². The molecule has 0 aliphatic heterocycles. The first kappa shape index (κ1) is 12.9. The highest BCUT2D eigenvalue weighted by Gasteiger charge is 2.58. The number of benzene rings is 1. The summed E-state index contributed by atoms with van der Waals surface area (Å²) in [4.78, 5) is 12.6. The third-order valence-electron chi connectivity index (χ3n) is 5.23. The predicted octanol–water partition coefficient (Wildman–Crippen LogP) is 4.60. The number of hydrogen-bond acceptors (Lipinski definition) is 1. The summed E-state index contributed by atoms with van der Waals surface area (Å²) >= 11 is 5.89. The molecule has 3 saturated carbocycles. The van der Waals surface area contributed by atoms with Crippen molar-refractivity contribution in [2.45, 2.75) is 27.2 Å². The van der Waals surface area contributed by atoms with Crippen LogP contribution < -0.4 is 0 Å². The molecular formula is C17H19ClO. The Hall–Kier alpha value is -1.08. The van der Waals surface area contributed by atoms with Gasteiger partial charge in [0.1, 0.15) is 0 Å². The molecule has 2 bridgehead atoms. The van der Waals surface area contributed by atoms with Crippen LogP contribution in [0.3, 0.4) is 0 Å². The van der Waals surface area contributed by atoms with Gasteiger partial charge in [-0.2, -0.15) is 0 Å². The Balaban J connectivity index is 1.94. The Morgan fingerprint density at radius 2 is 1.89 bits per heavy atom. The van der Waals surface area contributed by atoms with E-state index in [1.165, 1.54) is 0 Å². The molecule has 0 spiro atoms. The van der Waals surface area contributed by atoms with E-state index in [1.807, 2.05) is 24.3 Å². The van der Waals surface area contributed by atoms with Gasteiger partial charge < -0.3 is 0 Å². The molecular weight excluding hydrogens is 256 g/mol. The SMILES string of the molecule is CC1/C(=C\c2ccc(Cl)cc2)C(=O)C2CC1C2(C)C. The van der Waals surface area contributed by atoms with Crippen molar-refractivity contribution >= 4 is 23.5 Å². The van der Waals surface area contributed by atoms with Crippen LogP contribution >= 0.6 is 11.6 Å². The summed E-state index contributed by atoms with van der Waals surface area (Å²) in [6.45, 7) is 6.67. The molecule has 3 aliphatic carbocycles. The summed E-state index contributed by atoms with van der Waals surface area (Å²) in [6.07, 6.45) is 3.13. The van der Waals surface area contributed by atoms with Crippen LogP contribution in [0.5, 0.6) is 0 Å². The molecule has 3 aliphatic rings. The fourth-order valence-corrected chi connectivity index (χ4v) is 3.96. The van der Waals surface area contributed by atoms with Gasteiger partial charge in [0.25, 0.3) is 0 Å². The molecule has 3 atom stereocenters. The summed E-state index contributed by atoms with van der Waals surface area (Å²) in [7, 11) is 0. The van der Waals surface area contributed by atoms with Gasteiger partial charge in [-0.1, -0.05) is 44.5 Å². The minimum Gasteiger partial charge on any atom is -0.294 e. The van der Waals surface area contributed by atoms with Crippen molar-refractivity contribution in [3.05, 3.63) is 40.4 Å². The molecule has 0 aromatic heterocycles. The van der Waals surface area contributed by atoms with E-state index in [0.29, 0.717) is 17.6 Å². The zero-order valence-electron chi connectivity index (χ0n) is 11.6. The molecule has 100 valence electrons. The van der Waals surface area contributed by atoms with Crippen LogP contribution in [0.1, 0.15) is 32.8 Å². The number of allylic oxidation sites excluding steroid dienone is 1. The fourth-order valence-electron chi connectivity index (χ4n) is 3.84. The van der Waals surface area contributed by atoms with Crippen LogP contribution in [0.4, 0.5) is 0 Å². The number of ketones is 1. The van der Waals surface area contributed by atoms with E-state index in [-0.39, 0.29) is 11.3 Å². The molecule has 0 heterocycles. The van der Waals surface area contributed by atoms with Gasteiger partial charge in [0.15, 0.2) is 5.78 Å². The van der Waals surface area contributed by atoms with Crippen molar-refractivity contribution in [2.75, 3.05) is 0 Å². The summed E-state index contributed by atoms with van der Waals surface area (Å²) in [5, 5.41) is 0.731. The first-order valence-corrected chi connectivity index (χ1v) is 7.30. The van der Waals surface area contributed by atoms with Crippen molar-refractivity contribution < 1.29 is 4.79 Å². The van der Waals surface area contributed by atoms with E-state index in [4.69, 9.17) is 11.6 Å². The predicted molar refractivity (Wildman–Crippen MR) is 79.0 cm³/mol. The lowest BCUT2D eigenvalue weighted by Crippen LogP contribution is -2.57. The van der Waals surface area contributed by atoms with Crippen LogP contribution in [0.25, 0.3) is 6.08 Å². The Morgan fingerprint density at radius 1 is 1.26 bits per heavy atom. The maximum Gasteiger partial charge on any atom is 0.162 e. The highest BCUT2D eigenvalue weighted by molar-refractivity contribution is 6.30. The molecule has 0 saturated heterocycles. The van der Waals surface area contributed by atoms with Crippen molar-refractivity contribution in [2.24, 2.45) is 23.2 Å². The molecule has 19 heavy (non-hydrogen) atoms. The number of carbonyl (C=O) groups is 1.